The van der Waals surface area contributed by atoms with E-state index in [0.717, 1.165) is 0 Å². The predicted molar refractivity (Wildman–Crippen MR) is 30.7 cm³/mol. The van der Waals surface area contributed by atoms with Crippen LogP contribution in [0.5, 0.6) is 0 Å². The molecule has 0 radical (unpaired) electrons. The van der Waals surface area contributed by atoms with Crippen LogP contribution in [-0.2, 0) is 4.74 Å². The number of hydrogen-bond donors (Lipinski definition) is 1. The van der Waals surface area contributed by atoms with Crippen molar-refractivity contribution < 1.29 is 18.6 Å². The highest BCUT2D eigenvalue weighted by Crippen LogP contribution is 2.39. The zero-order chi connectivity index (χ0) is 7.94. The molecular formula is C6H10F2O2. The van der Waals surface area contributed by atoms with Crippen LogP contribution in [0.1, 0.15) is 13.8 Å². The van der Waals surface area contributed by atoms with Gasteiger partial charge in [-0.25, -0.2) is 8.78 Å². The first-order chi connectivity index (χ1) is 4.46. The lowest BCUT2D eigenvalue weighted by atomic mass is 10.0. The van der Waals surface area contributed by atoms with E-state index in [1.807, 2.05) is 0 Å². The number of rotatable bonds is 2. The molecule has 0 aromatic carbocycles. The van der Waals surface area contributed by atoms with Crippen molar-refractivity contribution in [2.24, 2.45) is 5.92 Å². The van der Waals surface area contributed by atoms with Crippen molar-refractivity contribution in [2.45, 2.75) is 32.2 Å². The van der Waals surface area contributed by atoms with Gasteiger partial charge < -0.3 is 9.84 Å². The Balaban J connectivity index is 2.52. The van der Waals surface area contributed by atoms with E-state index in [4.69, 9.17) is 5.11 Å². The van der Waals surface area contributed by atoms with Gasteiger partial charge in [-0.05, 0) is 0 Å². The summed E-state index contributed by atoms with van der Waals surface area (Å²) >= 11 is 0. The van der Waals surface area contributed by atoms with Gasteiger partial charge in [0.25, 0.3) is 5.92 Å². The summed E-state index contributed by atoms with van der Waals surface area (Å²) in [6.07, 6.45) is -2.52. The van der Waals surface area contributed by atoms with Gasteiger partial charge in [0.1, 0.15) is 0 Å². The summed E-state index contributed by atoms with van der Waals surface area (Å²) in [7, 11) is 0. The van der Waals surface area contributed by atoms with Gasteiger partial charge in [0.2, 0.25) is 0 Å². The number of halogens is 2. The SMILES string of the molecule is CC(C)C(F)(F)C1OC1O. The van der Waals surface area contributed by atoms with Crippen LogP contribution in [0.25, 0.3) is 0 Å². The Morgan fingerprint density at radius 3 is 2.00 bits per heavy atom. The summed E-state index contributed by atoms with van der Waals surface area (Å²) in [6, 6.07) is 0. The Morgan fingerprint density at radius 1 is 1.50 bits per heavy atom. The Labute approximate surface area is 57.8 Å². The van der Waals surface area contributed by atoms with Crippen molar-refractivity contribution in [1.82, 2.24) is 0 Å². The Kier molecular flexibility index (Phi) is 1.68. The molecule has 10 heavy (non-hydrogen) atoms. The molecule has 1 heterocycles. The van der Waals surface area contributed by atoms with Gasteiger partial charge >= 0.3 is 0 Å². The Bertz CT molecular complexity index is 136. The normalized spacial score (nSPS) is 33.0. The first-order valence-corrected chi connectivity index (χ1v) is 3.17. The summed E-state index contributed by atoms with van der Waals surface area (Å²) in [4.78, 5) is 0. The second-order valence-corrected chi connectivity index (χ2v) is 2.78. The molecule has 60 valence electrons. The fourth-order valence-corrected chi connectivity index (χ4v) is 0.714. The van der Waals surface area contributed by atoms with Gasteiger partial charge in [0, 0.05) is 5.92 Å². The summed E-state index contributed by atoms with van der Waals surface area (Å²) in [6.45, 7) is 2.79. The molecule has 1 fully saturated rings. The molecule has 2 unspecified atom stereocenters. The zero-order valence-corrected chi connectivity index (χ0v) is 5.84. The second-order valence-electron chi connectivity index (χ2n) is 2.78. The van der Waals surface area contributed by atoms with E-state index in [2.05, 4.69) is 4.74 Å². The van der Waals surface area contributed by atoms with Crippen LogP contribution >= 0.6 is 0 Å². The average Bonchev–Trinajstić information content (AvgIpc) is 2.46. The Hall–Kier alpha value is -0.220. The van der Waals surface area contributed by atoms with Gasteiger partial charge in [-0.3, -0.25) is 0 Å². The molecule has 0 aromatic heterocycles. The standard InChI is InChI=1S/C6H10F2O2/c1-3(2)6(7,8)4-5(9)10-4/h3-5,9H,1-2H3. The Morgan fingerprint density at radius 2 is 1.90 bits per heavy atom. The fourth-order valence-electron chi connectivity index (χ4n) is 0.714. The maximum atomic E-state index is 12.7. The zero-order valence-electron chi connectivity index (χ0n) is 5.84. The molecule has 0 bridgehead atoms. The molecule has 4 heteroatoms. The van der Waals surface area contributed by atoms with E-state index in [0.29, 0.717) is 0 Å². The van der Waals surface area contributed by atoms with Crippen molar-refractivity contribution in [3.63, 3.8) is 0 Å². The van der Waals surface area contributed by atoms with Crippen LogP contribution in [0.3, 0.4) is 0 Å². The molecule has 0 aliphatic carbocycles. The fraction of sp³-hybridized carbons (Fsp3) is 1.00. The van der Waals surface area contributed by atoms with E-state index in [-0.39, 0.29) is 0 Å². The first-order valence-electron chi connectivity index (χ1n) is 3.17. The molecule has 1 N–H and O–H groups in total. The molecule has 0 saturated carbocycles. The van der Waals surface area contributed by atoms with E-state index >= 15 is 0 Å². The molecule has 0 spiro atoms. The maximum absolute atomic E-state index is 12.7. The summed E-state index contributed by atoms with van der Waals surface area (Å²) < 4.78 is 29.6. The third kappa shape index (κ3) is 1.13. The second kappa shape index (κ2) is 2.13. The average molecular weight is 152 g/mol. The van der Waals surface area contributed by atoms with E-state index < -0.39 is 24.2 Å². The number of ether oxygens (including phenoxy) is 1. The molecular weight excluding hydrogens is 142 g/mol. The predicted octanol–water partition coefficient (Wildman–Crippen LogP) is 0.995. The van der Waals surface area contributed by atoms with Gasteiger partial charge in [-0.15, -0.1) is 0 Å². The highest BCUT2D eigenvalue weighted by atomic mass is 19.3. The van der Waals surface area contributed by atoms with Gasteiger partial charge in [-0.1, -0.05) is 13.8 Å². The lowest BCUT2D eigenvalue weighted by Crippen LogP contribution is -2.31. The largest absolute Gasteiger partial charge is 0.366 e. The molecule has 2 atom stereocenters. The summed E-state index contributed by atoms with van der Waals surface area (Å²) in [5.74, 6) is -3.67. The molecule has 1 saturated heterocycles. The monoisotopic (exact) mass is 152 g/mol. The number of alkyl halides is 2. The van der Waals surface area contributed by atoms with Crippen molar-refractivity contribution in [3.8, 4) is 0 Å². The van der Waals surface area contributed by atoms with Crippen molar-refractivity contribution in [1.29, 1.82) is 0 Å². The molecule has 1 aliphatic heterocycles. The van der Waals surface area contributed by atoms with Gasteiger partial charge in [0.05, 0.1) is 0 Å². The molecule has 0 aromatic rings. The van der Waals surface area contributed by atoms with Crippen LogP contribution in [-0.4, -0.2) is 23.4 Å². The number of epoxide rings is 1. The lowest BCUT2D eigenvalue weighted by Gasteiger charge is -2.16. The van der Waals surface area contributed by atoms with E-state index in [1.54, 1.807) is 0 Å². The quantitative estimate of drug-likeness (QED) is 0.598. The van der Waals surface area contributed by atoms with Gasteiger partial charge in [-0.2, -0.15) is 0 Å². The maximum Gasteiger partial charge on any atom is 0.281 e. The smallest absolute Gasteiger partial charge is 0.281 e. The van der Waals surface area contributed by atoms with E-state index in [9.17, 15) is 8.78 Å². The highest BCUT2D eigenvalue weighted by molar-refractivity contribution is 4.91. The molecule has 2 nitrogen and oxygen atoms in total. The minimum atomic E-state index is -2.89. The molecule has 1 aliphatic rings. The van der Waals surface area contributed by atoms with Crippen LogP contribution in [0.15, 0.2) is 0 Å². The summed E-state index contributed by atoms with van der Waals surface area (Å²) in [5.41, 5.74) is 0. The van der Waals surface area contributed by atoms with Crippen LogP contribution in [0.4, 0.5) is 8.78 Å². The first kappa shape index (κ1) is 7.88. The van der Waals surface area contributed by atoms with E-state index in [1.165, 1.54) is 13.8 Å². The highest BCUT2D eigenvalue weighted by Gasteiger charge is 2.58. The lowest BCUT2D eigenvalue weighted by molar-refractivity contribution is -0.0684. The number of aliphatic hydroxyl groups is 1. The van der Waals surface area contributed by atoms with Crippen LogP contribution in [0.2, 0.25) is 0 Å². The van der Waals surface area contributed by atoms with Crippen molar-refractivity contribution >= 4 is 0 Å². The minimum absolute atomic E-state index is 0.783. The van der Waals surface area contributed by atoms with Crippen molar-refractivity contribution in [2.75, 3.05) is 0 Å². The summed E-state index contributed by atoms with van der Waals surface area (Å²) in [5, 5.41) is 8.51. The number of hydrogen-bond acceptors (Lipinski definition) is 2. The van der Waals surface area contributed by atoms with Gasteiger partial charge in [0.15, 0.2) is 12.4 Å². The van der Waals surface area contributed by atoms with Crippen LogP contribution in [0, 0.1) is 5.92 Å². The third-order valence-corrected chi connectivity index (χ3v) is 1.62. The van der Waals surface area contributed by atoms with Crippen molar-refractivity contribution in [3.05, 3.63) is 0 Å². The third-order valence-electron chi connectivity index (χ3n) is 1.62. The minimum Gasteiger partial charge on any atom is -0.366 e. The molecule has 0 amide bonds. The number of aliphatic hydroxyl groups excluding tert-OH is 1. The molecule has 1 rings (SSSR count). The van der Waals surface area contributed by atoms with Crippen LogP contribution < -0.4 is 0 Å². The topological polar surface area (TPSA) is 32.8 Å².